The Labute approximate surface area is 141 Å². The second kappa shape index (κ2) is 7.86. The first kappa shape index (κ1) is 17.1. The molecule has 6 nitrogen and oxygen atoms in total. The number of halogens is 1. The minimum Gasteiger partial charge on any atom is -0.341 e. The van der Waals surface area contributed by atoms with Crippen molar-refractivity contribution >= 4 is 18.4 Å². The van der Waals surface area contributed by atoms with Gasteiger partial charge in [0, 0.05) is 18.7 Å². The van der Waals surface area contributed by atoms with Crippen molar-refractivity contribution in [1.82, 2.24) is 15.0 Å². The second-order valence-corrected chi connectivity index (χ2v) is 5.47. The number of rotatable bonds is 3. The number of nitrogens with two attached hydrogens (primary N) is 1. The van der Waals surface area contributed by atoms with Gasteiger partial charge in [0.1, 0.15) is 6.33 Å². The fourth-order valence-corrected chi connectivity index (χ4v) is 2.68. The molecule has 1 fully saturated rings. The topological polar surface area (TPSA) is 91.7 Å². The molecule has 0 amide bonds. The van der Waals surface area contributed by atoms with Crippen LogP contribution in [-0.2, 0) is 0 Å². The number of aromatic nitrogens is 3. The minimum absolute atomic E-state index is 0. The van der Waals surface area contributed by atoms with Crippen molar-refractivity contribution in [2.75, 3.05) is 24.5 Å². The van der Waals surface area contributed by atoms with Gasteiger partial charge in [-0.15, -0.1) is 12.4 Å². The highest BCUT2D eigenvalue weighted by molar-refractivity contribution is 5.85. The van der Waals surface area contributed by atoms with Crippen molar-refractivity contribution in [2.45, 2.75) is 12.8 Å². The molecule has 2 N–H and O–H groups in total. The van der Waals surface area contributed by atoms with Crippen molar-refractivity contribution in [3.8, 4) is 17.5 Å². The number of piperidine rings is 1. The molecular weight excluding hydrogens is 312 g/mol. The van der Waals surface area contributed by atoms with Gasteiger partial charge in [0.25, 0.3) is 0 Å². The van der Waals surface area contributed by atoms with Gasteiger partial charge in [-0.25, -0.2) is 9.97 Å². The third kappa shape index (κ3) is 3.95. The van der Waals surface area contributed by atoms with Crippen LogP contribution in [0.4, 0.5) is 5.95 Å². The summed E-state index contributed by atoms with van der Waals surface area (Å²) in [5, 5.41) is 8.99. The van der Waals surface area contributed by atoms with E-state index in [1.165, 1.54) is 6.33 Å². The van der Waals surface area contributed by atoms with Gasteiger partial charge in [-0.2, -0.15) is 10.2 Å². The summed E-state index contributed by atoms with van der Waals surface area (Å²) in [6.07, 6.45) is 3.68. The van der Waals surface area contributed by atoms with Gasteiger partial charge in [0.05, 0.1) is 11.6 Å². The van der Waals surface area contributed by atoms with Crippen LogP contribution in [0, 0.1) is 17.2 Å². The van der Waals surface area contributed by atoms with Crippen LogP contribution < -0.4 is 10.6 Å². The van der Waals surface area contributed by atoms with Crippen LogP contribution in [0.1, 0.15) is 18.4 Å². The predicted octanol–water partition coefficient (Wildman–Crippen LogP) is 2.01. The predicted molar refractivity (Wildman–Crippen MR) is 91.2 cm³/mol. The summed E-state index contributed by atoms with van der Waals surface area (Å²) in [5.41, 5.74) is 7.16. The summed E-state index contributed by atoms with van der Waals surface area (Å²) in [4.78, 5) is 15.3. The van der Waals surface area contributed by atoms with Gasteiger partial charge >= 0.3 is 0 Å². The van der Waals surface area contributed by atoms with E-state index in [0.717, 1.165) is 38.0 Å². The van der Waals surface area contributed by atoms with E-state index in [1.54, 1.807) is 12.1 Å². The molecule has 1 aliphatic rings. The molecule has 23 heavy (non-hydrogen) atoms. The lowest BCUT2D eigenvalue weighted by molar-refractivity contribution is 0.411. The first-order valence-corrected chi connectivity index (χ1v) is 7.44. The number of hydrogen-bond donors (Lipinski definition) is 1. The van der Waals surface area contributed by atoms with Gasteiger partial charge in [-0.3, -0.25) is 0 Å². The Bertz CT molecular complexity index is 691. The fraction of sp³-hybridized carbons (Fsp3) is 0.375. The Kier molecular flexibility index (Phi) is 5.85. The van der Waals surface area contributed by atoms with E-state index >= 15 is 0 Å². The van der Waals surface area contributed by atoms with E-state index in [-0.39, 0.29) is 12.4 Å². The maximum Gasteiger partial charge on any atom is 0.228 e. The third-order valence-corrected chi connectivity index (χ3v) is 4.04. The SMILES string of the molecule is Cl.N#Cc1cccc(-c2ncnc(N3CCC(CN)CC3)n2)c1. The molecule has 0 bridgehead atoms. The van der Waals surface area contributed by atoms with E-state index in [4.69, 9.17) is 11.0 Å². The molecule has 1 aromatic carbocycles. The highest BCUT2D eigenvalue weighted by Gasteiger charge is 2.20. The zero-order valence-corrected chi connectivity index (χ0v) is 13.5. The smallest absolute Gasteiger partial charge is 0.228 e. The van der Waals surface area contributed by atoms with E-state index in [0.29, 0.717) is 23.3 Å². The Morgan fingerprint density at radius 2 is 2.04 bits per heavy atom. The molecule has 120 valence electrons. The van der Waals surface area contributed by atoms with Crippen LogP contribution in [0.2, 0.25) is 0 Å². The molecule has 1 aliphatic heterocycles. The molecule has 7 heteroatoms. The first-order valence-electron chi connectivity index (χ1n) is 7.44. The van der Waals surface area contributed by atoms with Gasteiger partial charge in [-0.1, -0.05) is 12.1 Å². The Morgan fingerprint density at radius 3 is 2.74 bits per heavy atom. The highest BCUT2D eigenvalue weighted by atomic mass is 35.5. The molecule has 1 saturated heterocycles. The van der Waals surface area contributed by atoms with E-state index < -0.39 is 0 Å². The molecule has 1 aromatic heterocycles. The zero-order valence-electron chi connectivity index (χ0n) is 12.7. The summed E-state index contributed by atoms with van der Waals surface area (Å²) < 4.78 is 0. The summed E-state index contributed by atoms with van der Waals surface area (Å²) in [5.74, 6) is 1.90. The largest absolute Gasteiger partial charge is 0.341 e. The van der Waals surface area contributed by atoms with Crippen molar-refractivity contribution in [3.05, 3.63) is 36.2 Å². The maximum atomic E-state index is 8.99. The average Bonchev–Trinajstić information content (AvgIpc) is 2.62. The Morgan fingerprint density at radius 1 is 1.26 bits per heavy atom. The number of benzene rings is 1. The molecule has 0 radical (unpaired) electrons. The molecule has 2 heterocycles. The summed E-state index contributed by atoms with van der Waals surface area (Å²) >= 11 is 0. The second-order valence-electron chi connectivity index (χ2n) is 5.47. The molecule has 3 rings (SSSR count). The Hall–Kier alpha value is -2.23. The van der Waals surface area contributed by atoms with Crippen molar-refractivity contribution in [1.29, 1.82) is 5.26 Å². The minimum atomic E-state index is 0. The number of nitrogens with zero attached hydrogens (tertiary/aromatic N) is 5. The lowest BCUT2D eigenvalue weighted by Gasteiger charge is -2.31. The van der Waals surface area contributed by atoms with Crippen molar-refractivity contribution in [3.63, 3.8) is 0 Å². The van der Waals surface area contributed by atoms with Crippen molar-refractivity contribution < 1.29 is 0 Å². The highest BCUT2D eigenvalue weighted by Crippen LogP contribution is 2.22. The summed E-state index contributed by atoms with van der Waals surface area (Å²) in [6, 6.07) is 9.43. The van der Waals surface area contributed by atoms with Crippen LogP contribution in [0.25, 0.3) is 11.4 Å². The molecule has 0 aliphatic carbocycles. The fourth-order valence-electron chi connectivity index (χ4n) is 2.68. The number of nitriles is 1. The normalized spacial score (nSPS) is 14.9. The maximum absolute atomic E-state index is 8.99. The quantitative estimate of drug-likeness (QED) is 0.925. The zero-order chi connectivity index (χ0) is 15.4. The molecule has 0 unspecified atom stereocenters. The summed E-state index contributed by atoms with van der Waals surface area (Å²) in [7, 11) is 0. The lowest BCUT2D eigenvalue weighted by atomic mass is 9.97. The number of hydrogen-bond acceptors (Lipinski definition) is 6. The first-order chi connectivity index (χ1) is 10.8. The average molecular weight is 331 g/mol. The van der Waals surface area contributed by atoms with E-state index in [9.17, 15) is 0 Å². The molecule has 0 atom stereocenters. The van der Waals surface area contributed by atoms with Gasteiger partial charge in [-0.05, 0) is 37.4 Å². The van der Waals surface area contributed by atoms with Gasteiger partial charge < -0.3 is 10.6 Å². The molecule has 0 saturated carbocycles. The van der Waals surface area contributed by atoms with Crippen LogP contribution in [0.3, 0.4) is 0 Å². The van der Waals surface area contributed by atoms with Crippen LogP contribution in [0.15, 0.2) is 30.6 Å². The van der Waals surface area contributed by atoms with Gasteiger partial charge in [0.15, 0.2) is 5.82 Å². The molecule has 2 aromatic rings. The Balaban J connectivity index is 0.00000192. The summed E-state index contributed by atoms with van der Waals surface area (Å²) in [6.45, 7) is 2.59. The molecule has 0 spiro atoms. The third-order valence-electron chi connectivity index (χ3n) is 4.04. The van der Waals surface area contributed by atoms with Crippen LogP contribution >= 0.6 is 12.4 Å². The number of anilines is 1. The van der Waals surface area contributed by atoms with E-state index in [2.05, 4.69) is 25.9 Å². The van der Waals surface area contributed by atoms with Crippen LogP contribution in [0.5, 0.6) is 0 Å². The lowest BCUT2D eigenvalue weighted by Crippen LogP contribution is -2.37. The monoisotopic (exact) mass is 330 g/mol. The van der Waals surface area contributed by atoms with Crippen LogP contribution in [-0.4, -0.2) is 34.6 Å². The molecular formula is C16H19ClN6. The standard InChI is InChI=1S/C16H18N6.ClH/c17-9-12-4-6-22(7-5-12)16-20-11-19-15(21-16)14-3-1-2-13(8-14)10-18;/h1-3,8,11-12H,4-7,9,17H2;1H. The van der Waals surface area contributed by atoms with E-state index in [1.807, 2.05) is 12.1 Å². The van der Waals surface area contributed by atoms with Crippen molar-refractivity contribution in [2.24, 2.45) is 11.7 Å². The van der Waals surface area contributed by atoms with Gasteiger partial charge in [0.2, 0.25) is 5.95 Å².